The van der Waals surface area contributed by atoms with Crippen molar-refractivity contribution in [1.82, 2.24) is 0 Å². The second kappa shape index (κ2) is 8.06. The van der Waals surface area contributed by atoms with Gasteiger partial charge in [0.2, 0.25) is 0 Å². The first kappa shape index (κ1) is 17.3. The Balaban J connectivity index is 0. The number of rotatable bonds is 4. The average Bonchev–Trinajstić information content (AvgIpc) is 2.16. The van der Waals surface area contributed by atoms with Gasteiger partial charge in [0.15, 0.2) is 5.60 Å². The molecule has 0 radical (unpaired) electrons. The summed E-state index contributed by atoms with van der Waals surface area (Å²) in [4.78, 5) is 20.4. The molecule has 6 heteroatoms. The molecule has 0 aromatic rings. The Labute approximate surface area is 95.2 Å². The van der Waals surface area contributed by atoms with E-state index in [1.54, 1.807) is 14.0 Å². The molecule has 6 nitrogen and oxygen atoms in total. The van der Waals surface area contributed by atoms with Gasteiger partial charge >= 0.3 is 11.9 Å². The average molecular weight is 236 g/mol. The minimum Gasteiger partial charge on any atom is -0.479 e. The SMILES string of the molecule is CC(C)(O)C(=O)O.COCC(C)C(=O)OC. The van der Waals surface area contributed by atoms with Crippen LogP contribution in [0.3, 0.4) is 0 Å². The highest BCUT2D eigenvalue weighted by atomic mass is 16.5. The van der Waals surface area contributed by atoms with Crippen molar-refractivity contribution in [1.29, 1.82) is 0 Å². The fourth-order valence-electron chi connectivity index (χ4n) is 0.519. The fraction of sp³-hybridized carbons (Fsp3) is 0.800. The number of carbonyl (C=O) groups is 2. The Morgan fingerprint density at radius 1 is 1.31 bits per heavy atom. The Kier molecular flexibility index (Phi) is 8.70. The van der Waals surface area contributed by atoms with E-state index < -0.39 is 11.6 Å². The number of aliphatic hydroxyl groups is 1. The molecule has 0 bridgehead atoms. The van der Waals surface area contributed by atoms with Crippen LogP contribution >= 0.6 is 0 Å². The largest absolute Gasteiger partial charge is 0.479 e. The molecule has 1 unspecified atom stereocenters. The second-order valence-corrected chi connectivity index (χ2v) is 3.74. The third kappa shape index (κ3) is 9.42. The first-order chi connectivity index (χ1) is 7.16. The maximum Gasteiger partial charge on any atom is 0.335 e. The highest BCUT2D eigenvalue weighted by Crippen LogP contribution is 1.97. The molecule has 0 aliphatic rings. The summed E-state index contributed by atoms with van der Waals surface area (Å²) in [5.74, 6) is -1.58. The molecule has 0 saturated carbocycles. The molecule has 16 heavy (non-hydrogen) atoms. The molecule has 0 rings (SSSR count). The van der Waals surface area contributed by atoms with E-state index in [-0.39, 0.29) is 11.9 Å². The number of methoxy groups -OCH3 is 2. The molecule has 0 aliphatic carbocycles. The molecule has 0 aliphatic heterocycles. The summed E-state index contributed by atoms with van der Waals surface area (Å²) in [6.45, 7) is 4.62. The summed E-state index contributed by atoms with van der Waals surface area (Å²) >= 11 is 0. The number of hydrogen-bond acceptors (Lipinski definition) is 5. The van der Waals surface area contributed by atoms with E-state index in [9.17, 15) is 9.59 Å². The van der Waals surface area contributed by atoms with Crippen LogP contribution in [0.15, 0.2) is 0 Å². The van der Waals surface area contributed by atoms with Crippen LogP contribution in [0.25, 0.3) is 0 Å². The van der Waals surface area contributed by atoms with Gasteiger partial charge in [-0.3, -0.25) is 4.79 Å². The Morgan fingerprint density at radius 3 is 1.88 bits per heavy atom. The second-order valence-electron chi connectivity index (χ2n) is 3.74. The maximum atomic E-state index is 10.6. The molecule has 0 fully saturated rings. The number of hydrogen-bond donors (Lipinski definition) is 2. The summed E-state index contributed by atoms with van der Waals surface area (Å²) in [6.07, 6.45) is 0. The van der Waals surface area contributed by atoms with E-state index in [1.807, 2.05) is 0 Å². The van der Waals surface area contributed by atoms with Gasteiger partial charge in [0.1, 0.15) is 0 Å². The third-order valence-electron chi connectivity index (χ3n) is 1.54. The number of esters is 1. The Hall–Kier alpha value is -1.14. The first-order valence-electron chi connectivity index (χ1n) is 4.69. The highest BCUT2D eigenvalue weighted by Gasteiger charge is 2.21. The zero-order chi connectivity index (χ0) is 13.4. The monoisotopic (exact) mass is 236 g/mol. The van der Waals surface area contributed by atoms with E-state index in [4.69, 9.17) is 14.9 Å². The van der Waals surface area contributed by atoms with Crippen molar-refractivity contribution in [2.45, 2.75) is 26.4 Å². The van der Waals surface area contributed by atoms with Crippen LogP contribution in [-0.2, 0) is 19.1 Å². The lowest BCUT2D eigenvalue weighted by Gasteiger charge is -2.07. The van der Waals surface area contributed by atoms with Crippen molar-refractivity contribution in [3.05, 3.63) is 0 Å². The van der Waals surface area contributed by atoms with Gasteiger partial charge in [-0.1, -0.05) is 0 Å². The van der Waals surface area contributed by atoms with Gasteiger partial charge < -0.3 is 19.7 Å². The molecular formula is C10H20O6. The number of carbonyl (C=O) groups excluding carboxylic acids is 1. The van der Waals surface area contributed by atoms with Crippen molar-refractivity contribution in [2.75, 3.05) is 20.8 Å². The lowest BCUT2D eigenvalue weighted by Crippen LogP contribution is -2.30. The van der Waals surface area contributed by atoms with Crippen molar-refractivity contribution >= 4 is 11.9 Å². The summed E-state index contributed by atoms with van der Waals surface area (Å²) in [6, 6.07) is 0. The van der Waals surface area contributed by atoms with Crippen LogP contribution in [0.5, 0.6) is 0 Å². The minimum atomic E-state index is -1.58. The predicted molar refractivity (Wildman–Crippen MR) is 57.0 cm³/mol. The van der Waals surface area contributed by atoms with Crippen LogP contribution in [0.2, 0.25) is 0 Å². The molecule has 1 atom stereocenters. The maximum absolute atomic E-state index is 10.6. The molecule has 0 heterocycles. The van der Waals surface area contributed by atoms with E-state index in [0.29, 0.717) is 6.61 Å². The third-order valence-corrected chi connectivity index (χ3v) is 1.54. The zero-order valence-corrected chi connectivity index (χ0v) is 10.3. The van der Waals surface area contributed by atoms with Gasteiger partial charge in [-0.05, 0) is 20.8 Å². The van der Waals surface area contributed by atoms with Crippen molar-refractivity contribution < 1.29 is 29.3 Å². The van der Waals surface area contributed by atoms with E-state index in [1.165, 1.54) is 21.0 Å². The molecular weight excluding hydrogens is 216 g/mol. The van der Waals surface area contributed by atoms with Gasteiger partial charge in [0.25, 0.3) is 0 Å². The lowest BCUT2D eigenvalue weighted by atomic mass is 10.1. The van der Waals surface area contributed by atoms with Crippen LogP contribution in [-0.4, -0.2) is 48.6 Å². The topological polar surface area (TPSA) is 93.1 Å². The van der Waals surface area contributed by atoms with Crippen LogP contribution in [0.4, 0.5) is 0 Å². The van der Waals surface area contributed by atoms with Gasteiger partial charge in [-0.2, -0.15) is 0 Å². The first-order valence-corrected chi connectivity index (χ1v) is 4.69. The smallest absolute Gasteiger partial charge is 0.335 e. The Bertz CT molecular complexity index is 218. The fourth-order valence-corrected chi connectivity index (χ4v) is 0.519. The summed E-state index contributed by atoms with van der Waals surface area (Å²) in [5.41, 5.74) is -1.58. The zero-order valence-electron chi connectivity index (χ0n) is 10.3. The quantitative estimate of drug-likeness (QED) is 0.681. The molecule has 0 aromatic carbocycles. The van der Waals surface area contributed by atoms with Gasteiger partial charge in [0.05, 0.1) is 19.6 Å². The van der Waals surface area contributed by atoms with Crippen molar-refractivity contribution in [3.8, 4) is 0 Å². The number of ether oxygens (including phenoxy) is 2. The van der Waals surface area contributed by atoms with Crippen molar-refractivity contribution in [3.63, 3.8) is 0 Å². The molecule has 0 amide bonds. The minimum absolute atomic E-state index is 0.153. The molecule has 96 valence electrons. The van der Waals surface area contributed by atoms with Gasteiger partial charge in [0, 0.05) is 7.11 Å². The van der Waals surface area contributed by atoms with Crippen LogP contribution in [0.1, 0.15) is 20.8 Å². The summed E-state index contributed by atoms with van der Waals surface area (Å²) in [7, 11) is 2.92. The number of aliphatic carboxylic acids is 1. The number of carboxylic acids is 1. The highest BCUT2D eigenvalue weighted by molar-refractivity contribution is 5.75. The molecule has 2 N–H and O–H groups in total. The molecule has 0 aromatic heterocycles. The van der Waals surface area contributed by atoms with E-state index >= 15 is 0 Å². The summed E-state index contributed by atoms with van der Waals surface area (Å²) in [5, 5.41) is 16.5. The van der Waals surface area contributed by atoms with E-state index in [2.05, 4.69) is 4.74 Å². The Morgan fingerprint density at radius 2 is 1.69 bits per heavy atom. The van der Waals surface area contributed by atoms with Crippen LogP contribution in [0, 0.1) is 5.92 Å². The van der Waals surface area contributed by atoms with Crippen molar-refractivity contribution in [2.24, 2.45) is 5.92 Å². The van der Waals surface area contributed by atoms with E-state index in [0.717, 1.165) is 0 Å². The normalized spacial score (nSPS) is 12.1. The predicted octanol–water partition coefficient (Wildman–Crippen LogP) is 0.284. The standard InChI is InChI=1S/C6H12O3.C4H8O3/c1-5(4-8-2)6(7)9-3;1-4(2,7)3(5)6/h5H,4H2,1-3H3;7H,1-2H3,(H,5,6). The summed E-state index contributed by atoms with van der Waals surface area (Å²) < 4.78 is 9.17. The van der Waals surface area contributed by atoms with Crippen LogP contribution < -0.4 is 0 Å². The molecule has 0 spiro atoms. The lowest BCUT2D eigenvalue weighted by molar-refractivity contribution is -0.154. The number of carboxylic acid groups (broad SMARTS) is 1. The molecule has 0 saturated heterocycles. The van der Waals surface area contributed by atoms with Gasteiger partial charge in [-0.15, -0.1) is 0 Å². The van der Waals surface area contributed by atoms with Gasteiger partial charge in [-0.25, -0.2) is 4.79 Å².